The van der Waals surface area contributed by atoms with Gasteiger partial charge < -0.3 is 19.8 Å². The predicted octanol–water partition coefficient (Wildman–Crippen LogP) is 2.01. The van der Waals surface area contributed by atoms with E-state index in [0.717, 1.165) is 50.9 Å². The average Bonchev–Trinajstić information content (AvgIpc) is 3.12. The van der Waals surface area contributed by atoms with E-state index in [1.807, 2.05) is 6.07 Å². The predicted molar refractivity (Wildman–Crippen MR) is 92.7 cm³/mol. The highest BCUT2D eigenvalue weighted by Crippen LogP contribution is 2.24. The highest BCUT2D eigenvalue weighted by molar-refractivity contribution is 5.79. The zero-order valence-electron chi connectivity index (χ0n) is 14.4. The monoisotopic (exact) mass is 322 g/mol. The molecule has 0 aliphatic carbocycles. The van der Waals surface area contributed by atoms with E-state index in [9.17, 15) is 0 Å². The van der Waals surface area contributed by atoms with Crippen LogP contribution in [0.4, 0.5) is 0 Å². The second kappa shape index (κ2) is 10.3. The van der Waals surface area contributed by atoms with Crippen LogP contribution in [0.1, 0.15) is 37.5 Å². The van der Waals surface area contributed by atoms with Crippen molar-refractivity contribution in [3.8, 4) is 0 Å². The fourth-order valence-electron chi connectivity index (χ4n) is 2.96. The molecule has 1 saturated heterocycles. The summed E-state index contributed by atoms with van der Waals surface area (Å²) in [5.41, 5.74) is 0. The molecule has 1 aromatic heterocycles. The van der Waals surface area contributed by atoms with Gasteiger partial charge in [-0.2, -0.15) is 0 Å². The molecule has 2 heterocycles. The third-order valence-electron chi connectivity index (χ3n) is 4.21. The molecule has 0 spiro atoms. The minimum Gasteiger partial charge on any atom is -0.468 e. The maximum atomic E-state index is 5.67. The van der Waals surface area contributed by atoms with Crippen molar-refractivity contribution in [2.24, 2.45) is 4.99 Å². The van der Waals surface area contributed by atoms with Crippen LogP contribution < -0.4 is 10.6 Å². The van der Waals surface area contributed by atoms with Crippen molar-refractivity contribution in [2.75, 3.05) is 46.9 Å². The van der Waals surface area contributed by atoms with E-state index >= 15 is 0 Å². The molecule has 0 radical (unpaired) electrons. The van der Waals surface area contributed by atoms with Gasteiger partial charge in [-0.05, 0) is 44.5 Å². The summed E-state index contributed by atoms with van der Waals surface area (Å²) in [6.07, 6.45) is 6.58. The van der Waals surface area contributed by atoms with Crippen molar-refractivity contribution in [1.29, 1.82) is 0 Å². The van der Waals surface area contributed by atoms with Crippen LogP contribution in [0, 0.1) is 0 Å². The van der Waals surface area contributed by atoms with Gasteiger partial charge in [0.25, 0.3) is 0 Å². The second-order valence-corrected chi connectivity index (χ2v) is 5.85. The molecule has 0 bridgehead atoms. The van der Waals surface area contributed by atoms with Crippen molar-refractivity contribution in [1.82, 2.24) is 15.5 Å². The number of piperidine rings is 1. The van der Waals surface area contributed by atoms with E-state index in [1.165, 1.54) is 19.3 Å². The van der Waals surface area contributed by atoms with Crippen molar-refractivity contribution in [3.63, 3.8) is 0 Å². The number of nitrogens with one attached hydrogen (secondary N) is 2. The molecule has 0 aromatic carbocycles. The Bertz CT molecular complexity index is 441. The first-order valence-electron chi connectivity index (χ1n) is 8.56. The standard InChI is InChI=1S/C17H30N4O2/c1-18-17(19-9-7-12-22-2)20-14-15(16-8-6-13-23-16)21-10-4-3-5-11-21/h6,8,13,15H,3-5,7,9-12,14H2,1-2H3,(H2,18,19,20). The molecule has 6 heteroatoms. The van der Waals surface area contributed by atoms with Crippen LogP contribution >= 0.6 is 0 Å². The molecule has 2 rings (SSSR count). The largest absolute Gasteiger partial charge is 0.468 e. The van der Waals surface area contributed by atoms with Crippen molar-refractivity contribution in [3.05, 3.63) is 24.2 Å². The van der Waals surface area contributed by atoms with Crippen LogP contribution in [0.3, 0.4) is 0 Å². The van der Waals surface area contributed by atoms with Crippen LogP contribution in [0.5, 0.6) is 0 Å². The van der Waals surface area contributed by atoms with Crippen LogP contribution in [0.15, 0.2) is 27.8 Å². The molecule has 1 aromatic rings. The Kier molecular flexibility index (Phi) is 7.97. The number of furan rings is 1. The van der Waals surface area contributed by atoms with Crippen molar-refractivity contribution < 1.29 is 9.15 Å². The summed E-state index contributed by atoms with van der Waals surface area (Å²) in [5, 5.41) is 6.75. The summed E-state index contributed by atoms with van der Waals surface area (Å²) in [6.45, 7) is 4.66. The third kappa shape index (κ3) is 5.88. The number of rotatable bonds is 8. The highest BCUT2D eigenvalue weighted by Gasteiger charge is 2.24. The summed E-state index contributed by atoms with van der Waals surface area (Å²) < 4.78 is 10.7. The number of guanidine groups is 1. The molecule has 6 nitrogen and oxygen atoms in total. The highest BCUT2D eigenvalue weighted by atomic mass is 16.5. The van der Waals surface area contributed by atoms with Gasteiger partial charge in [0.1, 0.15) is 5.76 Å². The molecule has 23 heavy (non-hydrogen) atoms. The van der Waals surface area contributed by atoms with E-state index in [-0.39, 0.29) is 6.04 Å². The number of methoxy groups -OCH3 is 1. The van der Waals surface area contributed by atoms with Crippen LogP contribution in [0.25, 0.3) is 0 Å². The Morgan fingerprint density at radius 3 is 2.83 bits per heavy atom. The molecular weight excluding hydrogens is 292 g/mol. The Hall–Kier alpha value is -1.53. The average molecular weight is 322 g/mol. The lowest BCUT2D eigenvalue weighted by atomic mass is 10.1. The van der Waals surface area contributed by atoms with Gasteiger partial charge in [-0.1, -0.05) is 6.42 Å². The van der Waals surface area contributed by atoms with Crippen molar-refractivity contribution >= 4 is 5.96 Å². The van der Waals surface area contributed by atoms with E-state index in [4.69, 9.17) is 9.15 Å². The first-order valence-corrected chi connectivity index (χ1v) is 8.56. The number of nitrogens with zero attached hydrogens (tertiary/aromatic N) is 2. The molecule has 130 valence electrons. The fraction of sp³-hybridized carbons (Fsp3) is 0.706. The minimum atomic E-state index is 0.253. The lowest BCUT2D eigenvalue weighted by Gasteiger charge is -2.33. The molecule has 1 fully saturated rings. The summed E-state index contributed by atoms with van der Waals surface area (Å²) in [5.74, 6) is 1.85. The first kappa shape index (κ1) is 17.8. The number of aliphatic imine (C=N–C) groups is 1. The minimum absolute atomic E-state index is 0.253. The van der Waals surface area contributed by atoms with E-state index in [2.05, 4.69) is 26.6 Å². The molecule has 1 aliphatic heterocycles. The quantitative estimate of drug-likeness (QED) is 0.435. The van der Waals surface area contributed by atoms with Gasteiger partial charge in [0, 0.05) is 33.9 Å². The Balaban J connectivity index is 1.87. The van der Waals surface area contributed by atoms with Gasteiger partial charge in [-0.3, -0.25) is 9.89 Å². The van der Waals surface area contributed by atoms with Gasteiger partial charge in [0.15, 0.2) is 5.96 Å². The molecule has 1 unspecified atom stereocenters. The van der Waals surface area contributed by atoms with E-state index < -0.39 is 0 Å². The molecular formula is C17H30N4O2. The summed E-state index contributed by atoms with van der Waals surface area (Å²) in [4.78, 5) is 6.80. The lowest BCUT2D eigenvalue weighted by molar-refractivity contribution is 0.146. The summed E-state index contributed by atoms with van der Waals surface area (Å²) in [6, 6.07) is 4.28. The van der Waals surface area contributed by atoms with Gasteiger partial charge in [0.05, 0.1) is 12.3 Å². The molecule has 0 saturated carbocycles. The Morgan fingerprint density at radius 1 is 1.35 bits per heavy atom. The second-order valence-electron chi connectivity index (χ2n) is 5.85. The normalized spacial score (nSPS) is 17.9. The fourth-order valence-corrected chi connectivity index (χ4v) is 2.96. The van der Waals surface area contributed by atoms with Crippen LogP contribution in [-0.4, -0.2) is 57.8 Å². The zero-order valence-corrected chi connectivity index (χ0v) is 14.4. The third-order valence-corrected chi connectivity index (χ3v) is 4.21. The molecule has 0 amide bonds. The number of ether oxygens (including phenoxy) is 1. The van der Waals surface area contributed by atoms with Gasteiger partial charge in [-0.15, -0.1) is 0 Å². The van der Waals surface area contributed by atoms with Gasteiger partial charge in [-0.25, -0.2) is 0 Å². The number of hydrogen-bond donors (Lipinski definition) is 2. The topological polar surface area (TPSA) is 62.0 Å². The van der Waals surface area contributed by atoms with E-state index in [1.54, 1.807) is 20.4 Å². The van der Waals surface area contributed by atoms with Crippen LogP contribution in [0.2, 0.25) is 0 Å². The molecule has 1 atom stereocenters. The maximum absolute atomic E-state index is 5.67. The molecule has 2 N–H and O–H groups in total. The lowest BCUT2D eigenvalue weighted by Crippen LogP contribution is -2.44. The van der Waals surface area contributed by atoms with Gasteiger partial charge >= 0.3 is 0 Å². The Morgan fingerprint density at radius 2 is 2.17 bits per heavy atom. The van der Waals surface area contributed by atoms with E-state index in [0.29, 0.717) is 0 Å². The van der Waals surface area contributed by atoms with Crippen molar-refractivity contribution in [2.45, 2.75) is 31.7 Å². The maximum Gasteiger partial charge on any atom is 0.191 e. The Labute approximate surface area is 139 Å². The number of likely N-dealkylation sites (tertiary alicyclic amines) is 1. The first-order chi connectivity index (χ1) is 11.3. The summed E-state index contributed by atoms with van der Waals surface area (Å²) >= 11 is 0. The molecule has 1 aliphatic rings. The van der Waals surface area contributed by atoms with Crippen LogP contribution in [-0.2, 0) is 4.74 Å². The number of hydrogen-bond acceptors (Lipinski definition) is 4. The smallest absolute Gasteiger partial charge is 0.191 e. The SMILES string of the molecule is CN=C(NCCCOC)NCC(c1ccco1)N1CCCCC1. The summed E-state index contributed by atoms with van der Waals surface area (Å²) in [7, 11) is 3.52. The zero-order chi connectivity index (χ0) is 16.3. The van der Waals surface area contributed by atoms with Gasteiger partial charge in [0.2, 0.25) is 0 Å².